The molecule has 0 bridgehead atoms. The van der Waals surface area contributed by atoms with Crippen LogP contribution in [0.15, 0.2) is 76.7 Å². The molecule has 0 spiro atoms. The monoisotopic (exact) mass is 535 g/mol. The van der Waals surface area contributed by atoms with Gasteiger partial charge in [0.05, 0.1) is 41.9 Å². The van der Waals surface area contributed by atoms with Crippen molar-refractivity contribution in [1.82, 2.24) is 9.73 Å². The van der Waals surface area contributed by atoms with Gasteiger partial charge in [-0.15, -0.1) is 0 Å². The summed E-state index contributed by atoms with van der Waals surface area (Å²) in [5.74, 6) is 0.0145. The third-order valence-corrected chi connectivity index (χ3v) is 7.39. The highest BCUT2D eigenvalue weighted by atomic mass is 35.5. The molecule has 3 aromatic carbocycles. The molecular weight excluding hydrogens is 513 g/mol. The normalized spacial score (nSPS) is 11.6. The second-order valence-corrected chi connectivity index (χ2v) is 9.99. The molecule has 3 aromatic rings. The smallest absolute Gasteiger partial charge is 0.255 e. The number of hydrazone groups is 1. The molecule has 0 aliphatic rings. The third-order valence-electron chi connectivity index (χ3n) is 4.86. The average molecular weight is 536 g/mol. The Kier molecular flexibility index (Phi) is 9.11. The van der Waals surface area contributed by atoms with Gasteiger partial charge in [0.1, 0.15) is 0 Å². The molecule has 0 aliphatic carbocycles. The zero-order valence-corrected chi connectivity index (χ0v) is 21.3. The maximum Gasteiger partial charge on any atom is 0.255 e. The Morgan fingerprint density at radius 2 is 1.69 bits per heavy atom. The van der Waals surface area contributed by atoms with E-state index in [4.69, 9.17) is 32.7 Å². The molecule has 0 aliphatic heterocycles. The summed E-state index contributed by atoms with van der Waals surface area (Å²) < 4.78 is 38.5. The van der Waals surface area contributed by atoms with Gasteiger partial charge in [-0.05, 0) is 35.4 Å². The first-order valence-electron chi connectivity index (χ1n) is 10.3. The van der Waals surface area contributed by atoms with Crippen LogP contribution in [0.4, 0.5) is 0 Å². The molecule has 3 rings (SSSR count). The first-order valence-corrected chi connectivity index (χ1v) is 12.5. The number of carbonyl (C=O) groups is 1. The number of amides is 1. The second kappa shape index (κ2) is 12.0. The minimum absolute atomic E-state index is 0.0263. The average Bonchev–Trinajstić information content (AvgIpc) is 2.86. The van der Waals surface area contributed by atoms with Crippen LogP contribution in [0.25, 0.3) is 0 Å². The molecule has 8 nitrogen and oxygen atoms in total. The van der Waals surface area contributed by atoms with Gasteiger partial charge < -0.3 is 9.47 Å². The van der Waals surface area contributed by atoms with E-state index in [-0.39, 0.29) is 17.2 Å². The number of halogens is 2. The lowest BCUT2D eigenvalue weighted by atomic mass is 10.2. The number of hydrogen-bond donors (Lipinski definition) is 1. The fourth-order valence-corrected chi connectivity index (χ4v) is 4.81. The van der Waals surface area contributed by atoms with Gasteiger partial charge in [0.25, 0.3) is 5.91 Å². The summed E-state index contributed by atoms with van der Waals surface area (Å²) in [6.07, 6.45) is 1.38. The summed E-state index contributed by atoms with van der Waals surface area (Å²) in [6, 6.07) is 18.1. The van der Waals surface area contributed by atoms with Gasteiger partial charge in [0, 0.05) is 12.6 Å². The fraction of sp³-hybridized carbons (Fsp3) is 0.167. The molecule has 1 amide bonds. The first kappa shape index (κ1) is 26.5. The highest BCUT2D eigenvalue weighted by Crippen LogP contribution is 2.31. The molecule has 35 heavy (non-hydrogen) atoms. The van der Waals surface area contributed by atoms with E-state index < -0.39 is 22.5 Å². The number of nitrogens with zero attached hydrogens (tertiary/aromatic N) is 2. The van der Waals surface area contributed by atoms with Crippen LogP contribution < -0.4 is 14.9 Å². The Balaban J connectivity index is 1.83. The molecule has 0 radical (unpaired) electrons. The first-order chi connectivity index (χ1) is 16.7. The van der Waals surface area contributed by atoms with E-state index in [1.807, 2.05) is 6.07 Å². The summed E-state index contributed by atoms with van der Waals surface area (Å²) in [5.41, 5.74) is 3.67. The van der Waals surface area contributed by atoms with Crippen molar-refractivity contribution in [3.8, 4) is 11.5 Å². The van der Waals surface area contributed by atoms with Gasteiger partial charge in [0.2, 0.25) is 10.0 Å². The van der Waals surface area contributed by atoms with Crippen molar-refractivity contribution in [1.29, 1.82) is 0 Å². The van der Waals surface area contributed by atoms with Crippen molar-refractivity contribution < 1.29 is 22.7 Å². The number of sulfonamides is 1. The Morgan fingerprint density at radius 1 is 0.971 bits per heavy atom. The van der Waals surface area contributed by atoms with Gasteiger partial charge in [0.15, 0.2) is 11.5 Å². The van der Waals surface area contributed by atoms with Gasteiger partial charge in [-0.1, -0.05) is 59.6 Å². The second-order valence-electron chi connectivity index (χ2n) is 7.24. The minimum atomic E-state index is -4.09. The molecule has 1 N–H and O–H groups in total. The molecular formula is C24H23Cl2N3O5S. The van der Waals surface area contributed by atoms with E-state index in [2.05, 4.69) is 10.5 Å². The van der Waals surface area contributed by atoms with Gasteiger partial charge >= 0.3 is 0 Å². The van der Waals surface area contributed by atoms with Crippen molar-refractivity contribution in [2.75, 3.05) is 20.8 Å². The van der Waals surface area contributed by atoms with E-state index >= 15 is 0 Å². The molecule has 0 saturated carbocycles. The van der Waals surface area contributed by atoms with Gasteiger partial charge in [-0.2, -0.15) is 9.41 Å². The number of rotatable bonds is 10. The lowest BCUT2D eigenvalue weighted by Crippen LogP contribution is -2.39. The van der Waals surface area contributed by atoms with Crippen LogP contribution in [-0.4, -0.2) is 45.6 Å². The summed E-state index contributed by atoms with van der Waals surface area (Å²) in [6.45, 7) is -0.494. The van der Waals surface area contributed by atoms with Crippen LogP contribution in [0, 0.1) is 0 Å². The summed E-state index contributed by atoms with van der Waals surface area (Å²) in [4.78, 5) is 12.6. The SMILES string of the molecule is COc1ccc(S(=O)(=O)N(CC(=O)N/N=C\c2ccc(Cl)c(Cl)c2)Cc2ccccc2)cc1OC. The molecule has 0 aromatic heterocycles. The Bertz CT molecular complexity index is 1320. The largest absolute Gasteiger partial charge is 0.493 e. The molecule has 0 unspecified atom stereocenters. The molecule has 0 atom stereocenters. The van der Waals surface area contributed by atoms with Crippen molar-refractivity contribution in [2.24, 2.45) is 5.10 Å². The standard InChI is InChI=1S/C24H23Cl2N3O5S/c1-33-22-11-9-19(13-23(22)34-2)35(31,32)29(15-17-6-4-3-5-7-17)16-24(30)28-27-14-18-8-10-20(25)21(26)12-18/h3-14H,15-16H2,1-2H3,(H,28,30)/b27-14-. The molecule has 0 fully saturated rings. The Hall–Kier alpha value is -3.11. The number of methoxy groups -OCH3 is 2. The highest BCUT2D eigenvalue weighted by molar-refractivity contribution is 7.89. The maximum absolute atomic E-state index is 13.5. The number of hydrogen-bond acceptors (Lipinski definition) is 6. The van der Waals surface area contributed by atoms with Crippen LogP contribution in [0.1, 0.15) is 11.1 Å². The predicted molar refractivity (Wildman–Crippen MR) is 136 cm³/mol. The molecule has 0 saturated heterocycles. The van der Waals surface area contributed by atoms with E-state index in [1.165, 1.54) is 38.6 Å². The minimum Gasteiger partial charge on any atom is -0.493 e. The van der Waals surface area contributed by atoms with Gasteiger partial charge in [-0.25, -0.2) is 13.8 Å². The van der Waals surface area contributed by atoms with Crippen molar-refractivity contribution in [2.45, 2.75) is 11.4 Å². The molecule has 11 heteroatoms. The summed E-state index contributed by atoms with van der Waals surface area (Å²) in [7, 11) is -1.22. The Labute approximate surface area is 214 Å². The van der Waals surface area contributed by atoms with E-state index in [0.29, 0.717) is 26.9 Å². The zero-order valence-electron chi connectivity index (χ0n) is 18.9. The summed E-state index contributed by atoms with van der Waals surface area (Å²) in [5, 5.41) is 4.63. The third kappa shape index (κ3) is 6.95. The number of benzene rings is 3. The fourth-order valence-electron chi connectivity index (χ4n) is 3.11. The lowest BCUT2D eigenvalue weighted by Gasteiger charge is -2.22. The number of nitrogens with one attached hydrogen (secondary N) is 1. The lowest BCUT2D eigenvalue weighted by molar-refractivity contribution is -0.121. The van der Waals surface area contributed by atoms with Crippen LogP contribution in [0.5, 0.6) is 11.5 Å². The van der Waals surface area contributed by atoms with E-state index in [9.17, 15) is 13.2 Å². The van der Waals surface area contributed by atoms with Crippen LogP contribution >= 0.6 is 23.2 Å². The Morgan fingerprint density at radius 3 is 2.34 bits per heavy atom. The van der Waals surface area contributed by atoms with E-state index in [1.54, 1.807) is 42.5 Å². The van der Waals surface area contributed by atoms with Gasteiger partial charge in [-0.3, -0.25) is 4.79 Å². The molecule has 0 heterocycles. The van der Waals surface area contributed by atoms with Crippen LogP contribution in [0.3, 0.4) is 0 Å². The highest BCUT2D eigenvalue weighted by Gasteiger charge is 2.28. The van der Waals surface area contributed by atoms with Crippen molar-refractivity contribution >= 4 is 45.3 Å². The summed E-state index contributed by atoms with van der Waals surface area (Å²) >= 11 is 11.9. The quantitative estimate of drug-likeness (QED) is 0.307. The van der Waals surface area contributed by atoms with Crippen molar-refractivity contribution in [3.63, 3.8) is 0 Å². The topological polar surface area (TPSA) is 97.3 Å². The number of carbonyl (C=O) groups excluding carboxylic acids is 1. The van der Waals surface area contributed by atoms with E-state index in [0.717, 1.165) is 4.31 Å². The predicted octanol–water partition coefficient (Wildman–Crippen LogP) is 4.35. The molecule has 184 valence electrons. The number of ether oxygens (including phenoxy) is 2. The van der Waals surface area contributed by atoms with Crippen molar-refractivity contribution in [3.05, 3.63) is 87.9 Å². The van der Waals surface area contributed by atoms with Crippen LogP contribution in [0.2, 0.25) is 10.0 Å². The maximum atomic E-state index is 13.5. The van der Waals surface area contributed by atoms with Crippen LogP contribution in [-0.2, 0) is 21.4 Å². The zero-order chi connectivity index (χ0) is 25.4.